The lowest BCUT2D eigenvalue weighted by molar-refractivity contribution is -0.152. The van der Waals surface area contributed by atoms with Crippen molar-refractivity contribution in [3.8, 4) is 11.5 Å². The highest BCUT2D eigenvalue weighted by molar-refractivity contribution is 5.66. The van der Waals surface area contributed by atoms with E-state index in [1.54, 1.807) is 14.2 Å². The first-order chi connectivity index (χ1) is 13.0. The van der Waals surface area contributed by atoms with Gasteiger partial charge in [-0.15, -0.1) is 0 Å². The van der Waals surface area contributed by atoms with Crippen LogP contribution in [0.25, 0.3) is 0 Å². The van der Waals surface area contributed by atoms with E-state index in [-0.39, 0.29) is 29.5 Å². The molecular weight excluding hydrogens is 346 g/mol. The number of ether oxygens (including phenoxy) is 3. The van der Waals surface area contributed by atoms with Crippen LogP contribution in [0.5, 0.6) is 11.5 Å². The van der Waals surface area contributed by atoms with Crippen molar-refractivity contribution in [2.24, 2.45) is 0 Å². The van der Waals surface area contributed by atoms with E-state index in [1.165, 1.54) is 18.1 Å². The predicted octanol–water partition coefficient (Wildman–Crippen LogP) is 2.52. The number of esters is 1. The molecule has 3 aliphatic rings. The quantitative estimate of drug-likeness (QED) is 0.649. The van der Waals surface area contributed by atoms with Crippen molar-refractivity contribution in [2.45, 2.75) is 50.4 Å². The number of carbonyl (C=O) groups excluding carboxylic acids is 1. The van der Waals surface area contributed by atoms with E-state index in [1.807, 2.05) is 12.1 Å². The zero-order chi connectivity index (χ0) is 19.2. The molecule has 0 unspecified atom stereocenters. The summed E-state index contributed by atoms with van der Waals surface area (Å²) in [6.45, 7) is 3.38. The van der Waals surface area contributed by atoms with Gasteiger partial charge in [-0.2, -0.15) is 0 Å². The van der Waals surface area contributed by atoms with E-state index in [0.29, 0.717) is 12.2 Å². The number of phenols is 1. The standard InChI is InChI=1S/C21H27NO5/c1-13(23)27-19-10-15-6-8-22-7-4-5-14-9-18(25-2)17(24)11-16(14)21(15,22)12-20(19)26-3/h9-11,19-20,24H,4-8,12H2,1-3H3/t19-,20-,21+/m1/s1. The highest BCUT2D eigenvalue weighted by atomic mass is 16.6. The van der Waals surface area contributed by atoms with E-state index < -0.39 is 0 Å². The first-order valence-electron chi connectivity index (χ1n) is 9.56. The molecule has 0 aromatic heterocycles. The van der Waals surface area contributed by atoms with Crippen molar-refractivity contribution < 1.29 is 24.1 Å². The second-order valence-corrected chi connectivity index (χ2v) is 7.63. The SMILES string of the molecule is COc1cc2c(cc1O)[C@]13C[C@@H](OC)[C@H](OC(C)=O)C=C1CCN3CCC2. The molecule has 0 saturated carbocycles. The summed E-state index contributed by atoms with van der Waals surface area (Å²) in [5.41, 5.74) is 3.29. The highest BCUT2D eigenvalue weighted by Gasteiger charge is 2.53. The van der Waals surface area contributed by atoms with Gasteiger partial charge in [0.15, 0.2) is 11.5 Å². The van der Waals surface area contributed by atoms with Crippen molar-refractivity contribution in [2.75, 3.05) is 27.3 Å². The normalized spacial score (nSPS) is 29.8. The van der Waals surface area contributed by atoms with Gasteiger partial charge < -0.3 is 19.3 Å². The Morgan fingerprint density at radius 3 is 2.78 bits per heavy atom. The van der Waals surface area contributed by atoms with Gasteiger partial charge >= 0.3 is 5.97 Å². The molecule has 1 aromatic rings. The number of aromatic hydroxyl groups is 1. The average Bonchev–Trinajstić information content (AvgIpc) is 2.92. The summed E-state index contributed by atoms with van der Waals surface area (Å²) in [4.78, 5) is 14.1. The first-order valence-corrected chi connectivity index (χ1v) is 9.56. The molecule has 4 rings (SSSR count). The molecule has 1 aromatic carbocycles. The molecule has 2 heterocycles. The number of hydrogen-bond donors (Lipinski definition) is 1. The minimum atomic E-state index is -0.369. The van der Waals surface area contributed by atoms with Crippen molar-refractivity contribution in [1.82, 2.24) is 4.90 Å². The molecule has 0 bridgehead atoms. The van der Waals surface area contributed by atoms with Gasteiger partial charge in [-0.3, -0.25) is 9.69 Å². The Kier molecular flexibility index (Phi) is 4.64. The summed E-state index contributed by atoms with van der Waals surface area (Å²) in [7, 11) is 3.24. The Labute approximate surface area is 159 Å². The third kappa shape index (κ3) is 2.82. The van der Waals surface area contributed by atoms with E-state index in [9.17, 15) is 9.90 Å². The fraction of sp³-hybridized carbons (Fsp3) is 0.571. The number of benzene rings is 1. The summed E-state index contributed by atoms with van der Waals surface area (Å²) in [5.74, 6) is 0.377. The lowest BCUT2D eigenvalue weighted by atomic mass is 9.72. The van der Waals surface area contributed by atoms with Crippen LogP contribution in [0.3, 0.4) is 0 Å². The van der Waals surface area contributed by atoms with E-state index in [0.717, 1.165) is 37.9 Å². The zero-order valence-electron chi connectivity index (χ0n) is 16.2. The molecule has 27 heavy (non-hydrogen) atoms. The molecule has 146 valence electrons. The lowest BCUT2D eigenvalue weighted by Gasteiger charge is -2.46. The number of hydrogen-bond acceptors (Lipinski definition) is 6. The minimum Gasteiger partial charge on any atom is -0.504 e. The van der Waals surface area contributed by atoms with Crippen LogP contribution in [-0.2, 0) is 26.2 Å². The molecular formula is C21H27NO5. The van der Waals surface area contributed by atoms with Crippen molar-refractivity contribution in [1.29, 1.82) is 0 Å². The number of methoxy groups -OCH3 is 2. The van der Waals surface area contributed by atoms with E-state index >= 15 is 0 Å². The van der Waals surface area contributed by atoms with Crippen LogP contribution in [0.2, 0.25) is 0 Å². The molecule has 6 nitrogen and oxygen atoms in total. The Morgan fingerprint density at radius 1 is 1.26 bits per heavy atom. The van der Waals surface area contributed by atoms with Crippen LogP contribution < -0.4 is 4.74 Å². The zero-order valence-corrected chi connectivity index (χ0v) is 16.2. The van der Waals surface area contributed by atoms with Crippen LogP contribution in [0, 0.1) is 0 Å². The molecule has 1 saturated heterocycles. The third-order valence-corrected chi connectivity index (χ3v) is 6.28. The second kappa shape index (κ2) is 6.84. The van der Waals surface area contributed by atoms with Crippen molar-refractivity contribution in [3.63, 3.8) is 0 Å². The van der Waals surface area contributed by atoms with E-state index in [2.05, 4.69) is 11.0 Å². The average molecular weight is 373 g/mol. The van der Waals surface area contributed by atoms with Crippen molar-refractivity contribution >= 4 is 5.97 Å². The number of aryl methyl sites for hydroxylation is 1. The van der Waals surface area contributed by atoms with Gasteiger partial charge in [-0.25, -0.2) is 0 Å². The number of rotatable bonds is 3. The van der Waals surface area contributed by atoms with Gasteiger partial charge in [0, 0.05) is 27.0 Å². The van der Waals surface area contributed by atoms with Gasteiger partial charge in [0.1, 0.15) is 12.2 Å². The molecule has 1 spiro atoms. The molecule has 1 aliphatic carbocycles. The summed E-state index contributed by atoms with van der Waals surface area (Å²) in [5, 5.41) is 10.5. The fourth-order valence-electron chi connectivity index (χ4n) is 5.15. The first kappa shape index (κ1) is 18.3. The predicted molar refractivity (Wildman–Crippen MR) is 99.9 cm³/mol. The molecule has 1 fully saturated rings. The van der Waals surface area contributed by atoms with E-state index in [4.69, 9.17) is 14.2 Å². The van der Waals surface area contributed by atoms with Gasteiger partial charge in [0.25, 0.3) is 0 Å². The van der Waals surface area contributed by atoms with Crippen molar-refractivity contribution in [3.05, 3.63) is 34.9 Å². The maximum absolute atomic E-state index is 11.6. The Morgan fingerprint density at radius 2 is 2.07 bits per heavy atom. The van der Waals surface area contributed by atoms with Gasteiger partial charge in [-0.1, -0.05) is 0 Å². The second-order valence-electron chi connectivity index (χ2n) is 7.63. The van der Waals surface area contributed by atoms with Crippen LogP contribution in [0.15, 0.2) is 23.8 Å². The molecule has 6 heteroatoms. The summed E-state index contributed by atoms with van der Waals surface area (Å²) >= 11 is 0. The largest absolute Gasteiger partial charge is 0.504 e. The highest BCUT2D eigenvalue weighted by Crippen LogP contribution is 2.53. The van der Waals surface area contributed by atoms with Gasteiger partial charge in [-0.05, 0) is 60.7 Å². The molecule has 1 N–H and O–H groups in total. The Hall–Kier alpha value is -2.05. The van der Waals surface area contributed by atoms with Gasteiger partial charge in [0.05, 0.1) is 12.6 Å². The van der Waals surface area contributed by atoms with Crippen LogP contribution in [0.4, 0.5) is 0 Å². The number of carbonyl (C=O) groups is 1. The van der Waals surface area contributed by atoms with Gasteiger partial charge in [0.2, 0.25) is 0 Å². The summed E-state index contributed by atoms with van der Waals surface area (Å²) in [6.07, 6.45) is 5.12. The molecule has 0 radical (unpaired) electrons. The van der Waals surface area contributed by atoms with Crippen LogP contribution >= 0.6 is 0 Å². The molecule has 2 aliphatic heterocycles. The molecule has 0 amide bonds. The number of fused-ring (bicyclic) bond motifs is 1. The maximum Gasteiger partial charge on any atom is 0.303 e. The lowest BCUT2D eigenvalue weighted by Crippen LogP contribution is -2.50. The van der Waals surface area contributed by atoms with Crippen LogP contribution in [-0.4, -0.2) is 55.5 Å². The summed E-state index contributed by atoms with van der Waals surface area (Å²) < 4.78 is 16.6. The minimum absolute atomic E-state index is 0.162. The monoisotopic (exact) mass is 373 g/mol. The Bertz CT molecular complexity index is 789. The fourth-order valence-corrected chi connectivity index (χ4v) is 5.15. The number of nitrogens with zero attached hydrogens (tertiary/aromatic N) is 1. The Balaban J connectivity index is 1.87. The number of phenolic OH excluding ortho intramolecular Hbond substituents is 1. The molecule has 3 atom stereocenters. The topological polar surface area (TPSA) is 68.2 Å². The maximum atomic E-state index is 11.6. The summed E-state index contributed by atoms with van der Waals surface area (Å²) in [6, 6.07) is 3.84. The van der Waals surface area contributed by atoms with Crippen LogP contribution in [0.1, 0.15) is 37.3 Å². The third-order valence-electron chi connectivity index (χ3n) is 6.28. The smallest absolute Gasteiger partial charge is 0.303 e.